The molecule has 2 aliphatic heterocycles. The van der Waals surface area contributed by atoms with Gasteiger partial charge in [-0.15, -0.1) is 0 Å². The molecule has 0 bridgehead atoms. The molecule has 5 heteroatoms. The quantitative estimate of drug-likeness (QED) is 0.753. The monoisotopic (exact) mass is 249 g/mol. The fourth-order valence-corrected chi connectivity index (χ4v) is 2.80. The lowest BCUT2D eigenvalue weighted by Crippen LogP contribution is -2.47. The molecule has 0 radical (unpaired) electrons. The lowest BCUT2D eigenvalue weighted by Gasteiger charge is -2.40. The molecular formula is C13H19N3O2. The molecule has 98 valence electrons. The Hall–Kier alpha value is -1.36. The Morgan fingerprint density at radius 1 is 1.33 bits per heavy atom. The molecule has 0 spiro atoms. The molecule has 0 amide bonds. The van der Waals surface area contributed by atoms with Gasteiger partial charge in [0.25, 0.3) is 0 Å². The third kappa shape index (κ3) is 2.03. The zero-order chi connectivity index (χ0) is 12.5. The highest BCUT2D eigenvalue weighted by Crippen LogP contribution is 2.34. The number of rotatable bonds is 1. The molecule has 3 heterocycles. The van der Waals surface area contributed by atoms with Crippen molar-refractivity contribution in [1.82, 2.24) is 9.97 Å². The molecule has 1 fully saturated rings. The van der Waals surface area contributed by atoms with Crippen LogP contribution in [0.4, 0.5) is 5.82 Å². The number of hydrogen-bond acceptors (Lipinski definition) is 5. The van der Waals surface area contributed by atoms with Gasteiger partial charge in [0, 0.05) is 20.3 Å². The zero-order valence-electron chi connectivity index (χ0n) is 10.9. The summed E-state index contributed by atoms with van der Waals surface area (Å²) >= 11 is 0. The molecule has 0 saturated carbocycles. The van der Waals surface area contributed by atoms with Crippen molar-refractivity contribution in [3.8, 4) is 5.75 Å². The molecule has 1 atom stereocenters. The predicted octanol–water partition coefficient (Wildman–Crippen LogP) is 1.41. The minimum atomic E-state index is 0.399. The number of likely N-dealkylation sites (N-methyl/N-ethyl adjacent to an activating group) is 1. The molecule has 1 aromatic heterocycles. The molecule has 1 aromatic rings. The Labute approximate surface area is 107 Å². The normalized spacial score (nSPS) is 24.6. The van der Waals surface area contributed by atoms with Crippen LogP contribution in [0, 0.1) is 12.8 Å². The van der Waals surface area contributed by atoms with Gasteiger partial charge in [-0.3, -0.25) is 0 Å². The van der Waals surface area contributed by atoms with Crippen LogP contribution in [0.15, 0.2) is 6.20 Å². The maximum atomic E-state index is 5.81. The maximum absolute atomic E-state index is 5.81. The van der Waals surface area contributed by atoms with E-state index in [1.54, 1.807) is 6.20 Å². The smallest absolute Gasteiger partial charge is 0.180 e. The Morgan fingerprint density at radius 2 is 2.11 bits per heavy atom. The minimum Gasteiger partial charge on any atom is -0.486 e. The minimum absolute atomic E-state index is 0.399. The second kappa shape index (κ2) is 4.72. The summed E-state index contributed by atoms with van der Waals surface area (Å²) in [6.07, 6.45) is 3.99. The summed E-state index contributed by atoms with van der Waals surface area (Å²) in [5, 5.41) is 0. The molecular weight excluding hydrogens is 230 g/mol. The van der Waals surface area contributed by atoms with E-state index in [2.05, 4.69) is 21.9 Å². The maximum Gasteiger partial charge on any atom is 0.180 e. The Balaban J connectivity index is 1.83. The van der Waals surface area contributed by atoms with E-state index in [4.69, 9.17) is 9.47 Å². The molecule has 5 nitrogen and oxygen atoms in total. The SMILES string of the molecule is Cc1ncc2c(n1)N(C)C(C1CCOCC1)CO2. The van der Waals surface area contributed by atoms with Gasteiger partial charge < -0.3 is 14.4 Å². The Morgan fingerprint density at radius 3 is 2.89 bits per heavy atom. The van der Waals surface area contributed by atoms with Gasteiger partial charge in [-0.1, -0.05) is 0 Å². The molecule has 18 heavy (non-hydrogen) atoms. The van der Waals surface area contributed by atoms with Crippen molar-refractivity contribution in [3.63, 3.8) is 0 Å². The van der Waals surface area contributed by atoms with Crippen molar-refractivity contribution in [3.05, 3.63) is 12.0 Å². The van der Waals surface area contributed by atoms with Gasteiger partial charge in [0.05, 0.1) is 12.2 Å². The van der Waals surface area contributed by atoms with Crippen molar-refractivity contribution < 1.29 is 9.47 Å². The number of anilines is 1. The molecule has 0 aliphatic carbocycles. The molecule has 1 unspecified atom stereocenters. The number of ether oxygens (including phenoxy) is 2. The van der Waals surface area contributed by atoms with E-state index in [1.807, 2.05) is 6.92 Å². The lowest BCUT2D eigenvalue weighted by molar-refractivity contribution is 0.0493. The van der Waals surface area contributed by atoms with Crippen LogP contribution in [0.5, 0.6) is 5.75 Å². The van der Waals surface area contributed by atoms with E-state index in [0.717, 1.165) is 50.1 Å². The van der Waals surface area contributed by atoms with Crippen molar-refractivity contribution in [1.29, 1.82) is 0 Å². The topological polar surface area (TPSA) is 47.5 Å². The highest BCUT2D eigenvalue weighted by Gasteiger charge is 2.33. The van der Waals surface area contributed by atoms with Gasteiger partial charge in [-0.2, -0.15) is 0 Å². The molecule has 3 rings (SSSR count). The summed E-state index contributed by atoms with van der Waals surface area (Å²) < 4.78 is 11.2. The van der Waals surface area contributed by atoms with E-state index in [0.29, 0.717) is 12.0 Å². The van der Waals surface area contributed by atoms with E-state index in [1.165, 1.54) is 0 Å². The molecule has 1 saturated heterocycles. The first-order chi connectivity index (χ1) is 8.75. The Kier molecular flexibility index (Phi) is 3.07. The average molecular weight is 249 g/mol. The van der Waals surface area contributed by atoms with Crippen LogP contribution < -0.4 is 9.64 Å². The predicted molar refractivity (Wildman–Crippen MR) is 68.0 cm³/mol. The fourth-order valence-electron chi connectivity index (χ4n) is 2.80. The summed E-state index contributed by atoms with van der Waals surface area (Å²) in [7, 11) is 2.11. The van der Waals surface area contributed by atoms with Crippen LogP contribution in [-0.2, 0) is 4.74 Å². The van der Waals surface area contributed by atoms with Crippen LogP contribution in [0.1, 0.15) is 18.7 Å². The standard InChI is InChI=1S/C13H19N3O2/c1-9-14-7-12-13(15-9)16(2)11(8-18-12)10-3-5-17-6-4-10/h7,10-11H,3-6,8H2,1-2H3. The Bertz CT molecular complexity index is 432. The van der Waals surface area contributed by atoms with E-state index in [9.17, 15) is 0 Å². The van der Waals surface area contributed by atoms with Crippen LogP contribution in [0.2, 0.25) is 0 Å². The average Bonchev–Trinajstić information content (AvgIpc) is 2.41. The van der Waals surface area contributed by atoms with Gasteiger partial charge in [0.2, 0.25) is 0 Å². The van der Waals surface area contributed by atoms with Crippen molar-refractivity contribution >= 4 is 5.82 Å². The number of hydrogen-bond donors (Lipinski definition) is 0. The highest BCUT2D eigenvalue weighted by atomic mass is 16.5. The van der Waals surface area contributed by atoms with Crippen LogP contribution in [-0.4, -0.2) is 42.9 Å². The largest absolute Gasteiger partial charge is 0.486 e. The number of nitrogens with zero attached hydrogens (tertiary/aromatic N) is 3. The first-order valence-corrected chi connectivity index (χ1v) is 6.52. The van der Waals surface area contributed by atoms with E-state index < -0.39 is 0 Å². The fraction of sp³-hybridized carbons (Fsp3) is 0.692. The van der Waals surface area contributed by atoms with Crippen LogP contribution >= 0.6 is 0 Å². The van der Waals surface area contributed by atoms with Gasteiger partial charge in [-0.25, -0.2) is 9.97 Å². The first-order valence-electron chi connectivity index (χ1n) is 6.52. The number of aromatic nitrogens is 2. The second-order valence-corrected chi connectivity index (χ2v) is 5.04. The molecule has 0 aromatic carbocycles. The van der Waals surface area contributed by atoms with Crippen molar-refractivity contribution in [2.45, 2.75) is 25.8 Å². The van der Waals surface area contributed by atoms with Crippen LogP contribution in [0.25, 0.3) is 0 Å². The molecule has 2 aliphatic rings. The number of fused-ring (bicyclic) bond motifs is 1. The van der Waals surface area contributed by atoms with Gasteiger partial charge >= 0.3 is 0 Å². The summed E-state index contributed by atoms with van der Waals surface area (Å²) in [4.78, 5) is 10.9. The number of aryl methyl sites for hydroxylation is 1. The van der Waals surface area contributed by atoms with Gasteiger partial charge in [0.15, 0.2) is 11.6 Å². The van der Waals surface area contributed by atoms with Crippen molar-refractivity contribution in [2.75, 3.05) is 31.8 Å². The summed E-state index contributed by atoms with van der Waals surface area (Å²) in [5.41, 5.74) is 0. The van der Waals surface area contributed by atoms with E-state index >= 15 is 0 Å². The third-order valence-corrected chi connectivity index (χ3v) is 3.91. The first kappa shape index (κ1) is 11.7. The van der Waals surface area contributed by atoms with Crippen molar-refractivity contribution in [2.24, 2.45) is 5.92 Å². The lowest BCUT2D eigenvalue weighted by atomic mass is 9.90. The van der Waals surface area contributed by atoms with Gasteiger partial charge in [-0.05, 0) is 25.7 Å². The van der Waals surface area contributed by atoms with E-state index in [-0.39, 0.29) is 0 Å². The summed E-state index contributed by atoms with van der Waals surface area (Å²) in [5.74, 6) is 3.14. The third-order valence-electron chi connectivity index (χ3n) is 3.91. The molecule has 0 N–H and O–H groups in total. The highest BCUT2D eigenvalue weighted by molar-refractivity contribution is 5.53. The second-order valence-electron chi connectivity index (χ2n) is 5.04. The summed E-state index contributed by atoms with van der Waals surface area (Å²) in [6, 6.07) is 0.399. The zero-order valence-corrected chi connectivity index (χ0v) is 10.9. The van der Waals surface area contributed by atoms with Crippen LogP contribution in [0.3, 0.4) is 0 Å². The van der Waals surface area contributed by atoms with Gasteiger partial charge in [0.1, 0.15) is 12.4 Å². The summed E-state index contributed by atoms with van der Waals surface area (Å²) in [6.45, 7) is 4.36.